The third kappa shape index (κ3) is 7.39. The number of benzene rings is 2. The molecule has 0 spiro atoms. The standard InChI is InChI=1S/C27H32N6O4/c1-18(2)13-23-27(36)30-24(14-19-7-4-3-5-8-19)26(35)28-16-21-17-33(32-31-21)11-12-37-22-10-6-9-20(15-22)25(34)29-23/h3-10,15,17-18,23-24H,11-14,16H2,1-2H3,(H,28,35)(H,29,34)(H,30,36)/t23-,24+/m0/s1. The van der Waals surface area contributed by atoms with Gasteiger partial charge in [-0.2, -0.15) is 0 Å². The molecule has 0 saturated carbocycles. The van der Waals surface area contributed by atoms with E-state index in [2.05, 4.69) is 26.3 Å². The fourth-order valence-corrected chi connectivity index (χ4v) is 4.09. The molecule has 3 amide bonds. The second-order valence-electron chi connectivity index (χ2n) is 9.47. The molecule has 0 unspecified atom stereocenters. The Morgan fingerprint density at radius 1 is 1.00 bits per heavy atom. The lowest BCUT2D eigenvalue weighted by atomic mass is 10.0. The van der Waals surface area contributed by atoms with Gasteiger partial charge in [-0.1, -0.05) is 55.5 Å². The van der Waals surface area contributed by atoms with Gasteiger partial charge in [-0.05, 0) is 36.1 Å². The molecule has 37 heavy (non-hydrogen) atoms. The second kappa shape index (κ2) is 12.2. The molecule has 4 rings (SSSR count). The molecule has 2 aromatic carbocycles. The number of nitrogens with zero attached hydrogens (tertiary/aromatic N) is 3. The highest BCUT2D eigenvalue weighted by molar-refractivity contribution is 5.98. The van der Waals surface area contributed by atoms with Crippen molar-refractivity contribution < 1.29 is 19.1 Å². The van der Waals surface area contributed by atoms with Crippen molar-refractivity contribution in [2.75, 3.05) is 6.61 Å². The first-order valence-corrected chi connectivity index (χ1v) is 12.4. The van der Waals surface area contributed by atoms with E-state index in [9.17, 15) is 14.4 Å². The molecule has 4 bridgehead atoms. The van der Waals surface area contributed by atoms with Gasteiger partial charge in [0.1, 0.15) is 30.1 Å². The predicted molar refractivity (Wildman–Crippen MR) is 137 cm³/mol. The highest BCUT2D eigenvalue weighted by Crippen LogP contribution is 2.15. The molecular weight excluding hydrogens is 472 g/mol. The molecule has 3 N–H and O–H groups in total. The number of carbonyl (C=O) groups is 3. The maximum absolute atomic E-state index is 13.4. The zero-order chi connectivity index (χ0) is 26.2. The summed E-state index contributed by atoms with van der Waals surface area (Å²) in [7, 11) is 0. The molecular formula is C27H32N6O4. The third-order valence-corrected chi connectivity index (χ3v) is 5.96. The van der Waals surface area contributed by atoms with Crippen LogP contribution in [0.1, 0.15) is 41.9 Å². The average Bonchev–Trinajstić information content (AvgIpc) is 3.34. The summed E-state index contributed by atoms with van der Waals surface area (Å²) in [6.45, 7) is 4.87. The molecule has 1 aliphatic heterocycles. The molecule has 2 heterocycles. The quantitative estimate of drug-likeness (QED) is 0.498. The second-order valence-corrected chi connectivity index (χ2v) is 9.47. The van der Waals surface area contributed by atoms with Gasteiger partial charge in [0, 0.05) is 12.0 Å². The first kappa shape index (κ1) is 25.9. The van der Waals surface area contributed by atoms with Crippen LogP contribution in [0.5, 0.6) is 5.75 Å². The summed E-state index contributed by atoms with van der Waals surface area (Å²) in [5.74, 6) is -0.491. The van der Waals surface area contributed by atoms with Gasteiger partial charge < -0.3 is 20.7 Å². The summed E-state index contributed by atoms with van der Waals surface area (Å²) < 4.78 is 7.42. The zero-order valence-electron chi connectivity index (χ0n) is 21.0. The maximum atomic E-state index is 13.4. The molecule has 10 nitrogen and oxygen atoms in total. The van der Waals surface area contributed by atoms with Crippen molar-refractivity contribution in [3.05, 3.63) is 77.6 Å². The molecule has 194 valence electrons. The van der Waals surface area contributed by atoms with Gasteiger partial charge in [0.25, 0.3) is 5.91 Å². The van der Waals surface area contributed by atoms with E-state index < -0.39 is 23.9 Å². The number of nitrogens with one attached hydrogen (secondary N) is 3. The van der Waals surface area contributed by atoms with Gasteiger partial charge in [0.15, 0.2) is 0 Å². The van der Waals surface area contributed by atoms with Crippen LogP contribution in [0.15, 0.2) is 60.8 Å². The number of hydrogen-bond donors (Lipinski definition) is 3. The Kier molecular flexibility index (Phi) is 8.50. The Bertz CT molecular complexity index is 1230. The summed E-state index contributed by atoms with van der Waals surface area (Å²) in [5.41, 5.74) is 1.87. The minimum Gasteiger partial charge on any atom is -0.492 e. The van der Waals surface area contributed by atoms with Gasteiger partial charge in [-0.25, -0.2) is 4.68 Å². The van der Waals surface area contributed by atoms with Gasteiger partial charge in [0.2, 0.25) is 11.8 Å². The van der Waals surface area contributed by atoms with Gasteiger partial charge in [-0.15, -0.1) is 5.10 Å². The van der Waals surface area contributed by atoms with Crippen LogP contribution in [0, 0.1) is 5.92 Å². The van der Waals surface area contributed by atoms with E-state index in [4.69, 9.17) is 4.74 Å². The molecule has 10 heteroatoms. The van der Waals surface area contributed by atoms with E-state index in [1.165, 1.54) is 0 Å². The van der Waals surface area contributed by atoms with Crippen LogP contribution in [0.25, 0.3) is 0 Å². The van der Waals surface area contributed by atoms with Crippen molar-refractivity contribution in [1.82, 2.24) is 30.9 Å². The predicted octanol–water partition coefficient (Wildman–Crippen LogP) is 1.86. The minimum atomic E-state index is -0.841. The fourth-order valence-electron chi connectivity index (χ4n) is 4.09. The molecule has 3 aromatic rings. The fraction of sp³-hybridized carbons (Fsp3) is 0.370. The van der Waals surface area contributed by atoms with Crippen molar-refractivity contribution in [3.63, 3.8) is 0 Å². The van der Waals surface area contributed by atoms with E-state index in [1.54, 1.807) is 35.1 Å². The number of rotatable bonds is 4. The molecule has 0 fully saturated rings. The van der Waals surface area contributed by atoms with Crippen LogP contribution >= 0.6 is 0 Å². The van der Waals surface area contributed by atoms with E-state index in [0.29, 0.717) is 43.0 Å². The van der Waals surface area contributed by atoms with Crippen LogP contribution in [0.4, 0.5) is 0 Å². The molecule has 1 aromatic heterocycles. The normalized spacial score (nSPS) is 19.2. The number of carbonyl (C=O) groups excluding carboxylic acids is 3. The monoisotopic (exact) mass is 504 g/mol. The summed E-state index contributed by atoms with van der Waals surface area (Å²) in [6.07, 6.45) is 2.45. The lowest BCUT2D eigenvalue weighted by molar-refractivity contribution is -0.130. The first-order valence-electron chi connectivity index (χ1n) is 12.4. The van der Waals surface area contributed by atoms with Gasteiger partial charge >= 0.3 is 0 Å². The summed E-state index contributed by atoms with van der Waals surface area (Å²) in [5, 5.41) is 16.8. The Labute approximate surface area is 215 Å². The van der Waals surface area contributed by atoms with Crippen LogP contribution in [-0.2, 0) is 29.1 Å². The van der Waals surface area contributed by atoms with E-state index in [1.807, 2.05) is 44.2 Å². The minimum absolute atomic E-state index is 0.132. The number of aromatic nitrogens is 3. The number of ether oxygens (including phenoxy) is 1. The van der Waals surface area contributed by atoms with Crippen molar-refractivity contribution in [1.29, 1.82) is 0 Å². The van der Waals surface area contributed by atoms with E-state index in [-0.39, 0.29) is 18.4 Å². The summed E-state index contributed by atoms with van der Waals surface area (Å²) in [6, 6.07) is 14.6. The topological polar surface area (TPSA) is 127 Å². The SMILES string of the molecule is CC(C)C[C@@H]1NC(=O)c2cccc(c2)OCCn2cc(nn2)CNC(=O)[C@@H](Cc2ccccc2)NC1=O. The Hall–Kier alpha value is -4.21. The summed E-state index contributed by atoms with van der Waals surface area (Å²) in [4.78, 5) is 39.7. The third-order valence-electron chi connectivity index (χ3n) is 5.96. The van der Waals surface area contributed by atoms with Crippen LogP contribution in [-0.4, -0.2) is 51.4 Å². The largest absolute Gasteiger partial charge is 0.492 e. The van der Waals surface area contributed by atoms with Crippen molar-refractivity contribution in [2.24, 2.45) is 5.92 Å². The number of hydrogen-bond acceptors (Lipinski definition) is 6. The Morgan fingerprint density at radius 2 is 1.81 bits per heavy atom. The first-order chi connectivity index (χ1) is 17.9. The molecule has 0 aliphatic carbocycles. The van der Waals surface area contributed by atoms with Gasteiger partial charge in [0.05, 0.1) is 19.3 Å². The van der Waals surface area contributed by atoms with Crippen molar-refractivity contribution in [2.45, 2.75) is 51.9 Å². The van der Waals surface area contributed by atoms with Crippen LogP contribution in [0.3, 0.4) is 0 Å². The van der Waals surface area contributed by atoms with Gasteiger partial charge in [-0.3, -0.25) is 14.4 Å². The van der Waals surface area contributed by atoms with E-state index in [0.717, 1.165) is 5.56 Å². The molecule has 0 radical (unpaired) electrons. The highest BCUT2D eigenvalue weighted by atomic mass is 16.5. The van der Waals surface area contributed by atoms with E-state index >= 15 is 0 Å². The van der Waals surface area contributed by atoms with Crippen molar-refractivity contribution in [3.8, 4) is 5.75 Å². The number of fused-ring (bicyclic) bond motifs is 4. The molecule has 1 aliphatic rings. The smallest absolute Gasteiger partial charge is 0.252 e. The maximum Gasteiger partial charge on any atom is 0.252 e. The average molecular weight is 505 g/mol. The number of amides is 3. The molecule has 0 saturated heterocycles. The highest BCUT2D eigenvalue weighted by Gasteiger charge is 2.28. The van der Waals surface area contributed by atoms with Crippen LogP contribution in [0.2, 0.25) is 0 Å². The van der Waals surface area contributed by atoms with Crippen molar-refractivity contribution >= 4 is 17.7 Å². The zero-order valence-corrected chi connectivity index (χ0v) is 21.0. The lowest BCUT2D eigenvalue weighted by Gasteiger charge is -2.24. The Morgan fingerprint density at radius 3 is 2.59 bits per heavy atom. The Balaban J connectivity index is 1.62. The van der Waals surface area contributed by atoms with Crippen LogP contribution < -0.4 is 20.7 Å². The molecule has 2 atom stereocenters. The summed E-state index contributed by atoms with van der Waals surface area (Å²) >= 11 is 0. The lowest BCUT2D eigenvalue weighted by Crippen LogP contribution is -2.54.